The Morgan fingerprint density at radius 3 is 1.75 bits per heavy atom. The third-order valence-electron chi connectivity index (χ3n) is 3.65. The van der Waals surface area contributed by atoms with Gasteiger partial charge in [0, 0.05) is 5.54 Å². The standard InChI is InChI=1S/C9H8Cl3F3Si.C9H7F3/c1-6(16(10,11)12)7-3-2-4-8(5-7)9(13,14)15;1-2-7-4-3-5-8(6-7)9(10,11)12/h2-6H,1H3;2-6H,1H2. The van der Waals surface area contributed by atoms with Crippen LogP contribution in [0.4, 0.5) is 26.3 Å². The monoisotopic (exact) mass is 478 g/mol. The van der Waals surface area contributed by atoms with Crippen molar-refractivity contribution in [2.24, 2.45) is 0 Å². The van der Waals surface area contributed by atoms with Crippen molar-refractivity contribution in [3.8, 4) is 0 Å². The van der Waals surface area contributed by atoms with Crippen molar-refractivity contribution in [2.75, 3.05) is 0 Å². The first-order valence-electron chi connectivity index (χ1n) is 7.70. The molecule has 0 aromatic heterocycles. The second-order valence-electron chi connectivity index (χ2n) is 5.71. The van der Waals surface area contributed by atoms with Gasteiger partial charge in [0.25, 0.3) is 0 Å². The summed E-state index contributed by atoms with van der Waals surface area (Å²) in [6.07, 6.45) is -7.25. The molecule has 0 radical (unpaired) electrons. The minimum Gasteiger partial charge on any atom is -0.166 e. The van der Waals surface area contributed by atoms with E-state index < -0.39 is 35.0 Å². The molecule has 0 saturated heterocycles. The average molecular weight is 480 g/mol. The molecule has 0 N–H and O–H groups in total. The zero-order valence-electron chi connectivity index (χ0n) is 14.4. The summed E-state index contributed by atoms with van der Waals surface area (Å²) in [6, 6.07) is 6.87. The van der Waals surface area contributed by atoms with Gasteiger partial charge in [-0.15, -0.1) is 33.2 Å². The van der Waals surface area contributed by atoms with Crippen LogP contribution in [0.5, 0.6) is 0 Å². The van der Waals surface area contributed by atoms with Crippen LogP contribution < -0.4 is 0 Å². The lowest BCUT2D eigenvalue weighted by molar-refractivity contribution is -0.138. The predicted octanol–water partition coefficient (Wildman–Crippen LogP) is 8.35. The van der Waals surface area contributed by atoms with E-state index in [1.165, 1.54) is 24.3 Å². The van der Waals surface area contributed by atoms with Crippen molar-refractivity contribution in [2.45, 2.75) is 24.8 Å². The Morgan fingerprint density at radius 1 is 0.857 bits per heavy atom. The van der Waals surface area contributed by atoms with E-state index in [4.69, 9.17) is 33.2 Å². The summed E-state index contributed by atoms with van der Waals surface area (Å²) >= 11 is 17.3. The van der Waals surface area contributed by atoms with E-state index >= 15 is 0 Å². The molecule has 0 fully saturated rings. The van der Waals surface area contributed by atoms with Crippen LogP contribution in [0.3, 0.4) is 0 Å². The maximum absolute atomic E-state index is 12.4. The fourth-order valence-electron chi connectivity index (χ4n) is 2.02. The molecule has 2 aromatic rings. The zero-order valence-corrected chi connectivity index (χ0v) is 17.7. The van der Waals surface area contributed by atoms with E-state index in [9.17, 15) is 26.3 Å². The lowest BCUT2D eigenvalue weighted by Gasteiger charge is -2.19. The largest absolute Gasteiger partial charge is 0.416 e. The Bertz CT molecular complexity index is 797. The molecule has 0 nitrogen and oxygen atoms in total. The summed E-state index contributed by atoms with van der Waals surface area (Å²) in [4.78, 5) is 0. The molecular formula is C18H15Cl3F6Si. The normalized spacial score (nSPS) is 13.4. The van der Waals surface area contributed by atoms with Crippen molar-refractivity contribution in [1.29, 1.82) is 0 Å². The summed E-state index contributed by atoms with van der Waals surface area (Å²) in [5, 5.41) is 0. The molecule has 0 aliphatic heterocycles. The van der Waals surface area contributed by atoms with Gasteiger partial charge in [-0.25, -0.2) is 0 Å². The summed E-state index contributed by atoms with van der Waals surface area (Å²) < 4.78 is 73.5. The predicted molar refractivity (Wildman–Crippen MR) is 105 cm³/mol. The fourth-order valence-corrected chi connectivity index (χ4v) is 3.71. The molecule has 0 heterocycles. The van der Waals surface area contributed by atoms with E-state index in [1.807, 2.05) is 0 Å². The zero-order chi connectivity index (χ0) is 21.8. The molecule has 0 saturated carbocycles. The molecule has 0 aliphatic rings. The second-order valence-corrected chi connectivity index (χ2v) is 14.8. The third kappa shape index (κ3) is 7.70. The highest BCUT2D eigenvalue weighted by Crippen LogP contribution is 2.38. The van der Waals surface area contributed by atoms with E-state index in [0.29, 0.717) is 11.1 Å². The molecule has 1 unspecified atom stereocenters. The Hall–Kier alpha value is -1.15. The van der Waals surface area contributed by atoms with E-state index in [-0.39, 0.29) is 0 Å². The Morgan fingerprint density at radius 2 is 1.32 bits per heavy atom. The van der Waals surface area contributed by atoms with Gasteiger partial charge in [0.05, 0.1) is 11.1 Å². The smallest absolute Gasteiger partial charge is 0.166 e. The van der Waals surface area contributed by atoms with Crippen LogP contribution in [-0.4, -0.2) is 6.00 Å². The van der Waals surface area contributed by atoms with Crippen LogP contribution in [0, 0.1) is 0 Å². The number of halogens is 9. The average Bonchev–Trinajstić information content (AvgIpc) is 2.59. The molecule has 1 atom stereocenters. The highest BCUT2D eigenvalue weighted by Gasteiger charge is 2.36. The van der Waals surface area contributed by atoms with Crippen molar-refractivity contribution in [3.63, 3.8) is 0 Å². The van der Waals surface area contributed by atoms with Crippen LogP contribution >= 0.6 is 33.2 Å². The van der Waals surface area contributed by atoms with Crippen LogP contribution in [0.25, 0.3) is 6.08 Å². The first-order valence-corrected chi connectivity index (χ1v) is 12.8. The number of hydrogen-bond acceptors (Lipinski definition) is 0. The van der Waals surface area contributed by atoms with Gasteiger partial charge in [0.1, 0.15) is 0 Å². The number of alkyl halides is 6. The number of rotatable bonds is 3. The molecule has 2 aromatic carbocycles. The van der Waals surface area contributed by atoms with Gasteiger partial charge >= 0.3 is 18.4 Å². The summed E-state index contributed by atoms with van der Waals surface area (Å²) in [6.45, 7) is 5.01. The Kier molecular flexibility index (Phi) is 8.50. The van der Waals surface area contributed by atoms with Crippen molar-refractivity contribution < 1.29 is 26.3 Å². The molecule has 0 bridgehead atoms. The molecule has 10 heteroatoms. The van der Waals surface area contributed by atoms with Gasteiger partial charge in [-0.2, -0.15) is 26.3 Å². The van der Waals surface area contributed by atoms with E-state index in [1.54, 1.807) is 13.0 Å². The van der Waals surface area contributed by atoms with Gasteiger partial charge in [-0.1, -0.05) is 49.9 Å². The molecule has 0 amide bonds. The SMILES string of the molecule is C=Cc1cccc(C(F)(F)F)c1.CC(c1cccc(C(F)(F)F)c1)[Si](Cl)(Cl)Cl. The Labute approximate surface area is 173 Å². The lowest BCUT2D eigenvalue weighted by Crippen LogP contribution is -2.20. The molecule has 154 valence electrons. The number of benzene rings is 2. The topological polar surface area (TPSA) is 0 Å². The summed E-state index contributed by atoms with van der Waals surface area (Å²) in [5.74, 6) is 0. The molecule has 0 spiro atoms. The van der Waals surface area contributed by atoms with Gasteiger partial charge in [0.2, 0.25) is 0 Å². The van der Waals surface area contributed by atoms with Crippen LogP contribution in [-0.2, 0) is 12.4 Å². The van der Waals surface area contributed by atoms with E-state index in [2.05, 4.69) is 6.58 Å². The molecule has 0 aliphatic carbocycles. The highest BCUT2D eigenvalue weighted by molar-refractivity contribution is 7.65. The van der Waals surface area contributed by atoms with Gasteiger partial charge < -0.3 is 0 Å². The maximum Gasteiger partial charge on any atom is 0.416 e. The summed E-state index contributed by atoms with van der Waals surface area (Å²) in [5.41, 5.74) is -0.953. The molecular weight excluding hydrogens is 465 g/mol. The maximum atomic E-state index is 12.4. The van der Waals surface area contributed by atoms with Crippen LogP contribution in [0.1, 0.15) is 34.7 Å². The third-order valence-corrected chi connectivity index (χ3v) is 7.92. The molecule has 2 rings (SSSR count). The minimum atomic E-state index is -4.37. The van der Waals surface area contributed by atoms with E-state index in [0.717, 1.165) is 24.3 Å². The minimum absolute atomic E-state index is 0.404. The Balaban J connectivity index is 0.000000292. The second kappa shape index (κ2) is 9.56. The highest BCUT2D eigenvalue weighted by atomic mass is 35.8. The number of hydrogen-bond donors (Lipinski definition) is 0. The van der Waals surface area contributed by atoms with Gasteiger partial charge in [-0.3, -0.25) is 0 Å². The van der Waals surface area contributed by atoms with Crippen LogP contribution in [0.2, 0.25) is 0 Å². The first kappa shape index (κ1) is 24.9. The van der Waals surface area contributed by atoms with Crippen molar-refractivity contribution in [1.82, 2.24) is 0 Å². The first-order chi connectivity index (χ1) is 12.7. The summed E-state index contributed by atoms with van der Waals surface area (Å²) in [7, 11) is 0. The van der Waals surface area contributed by atoms with Crippen molar-refractivity contribution in [3.05, 3.63) is 77.4 Å². The van der Waals surface area contributed by atoms with Gasteiger partial charge in [-0.05, 0) is 29.3 Å². The lowest BCUT2D eigenvalue weighted by atomic mass is 10.1. The quantitative estimate of drug-likeness (QED) is 0.236. The van der Waals surface area contributed by atoms with Crippen LogP contribution in [0.15, 0.2) is 55.1 Å². The van der Waals surface area contributed by atoms with Crippen molar-refractivity contribution >= 4 is 45.3 Å². The molecule has 28 heavy (non-hydrogen) atoms. The van der Waals surface area contributed by atoms with Gasteiger partial charge in [0.15, 0.2) is 0 Å². The fraction of sp³-hybridized carbons (Fsp3) is 0.222.